The van der Waals surface area contributed by atoms with Gasteiger partial charge in [0.1, 0.15) is 30.1 Å². The molecule has 6 N–H and O–H groups in total. The molecule has 256 valence electrons. The number of ether oxygens (including phenoxy) is 3. The molecule has 0 heterocycles. The van der Waals surface area contributed by atoms with Crippen LogP contribution in [-0.4, -0.2) is 55.1 Å². The van der Waals surface area contributed by atoms with Crippen LogP contribution >= 0.6 is 0 Å². The van der Waals surface area contributed by atoms with Crippen molar-refractivity contribution in [3.8, 4) is 11.5 Å². The molecule has 0 radical (unpaired) electrons. The van der Waals surface area contributed by atoms with Crippen LogP contribution in [0.5, 0.6) is 11.5 Å². The van der Waals surface area contributed by atoms with Crippen LogP contribution in [0.1, 0.15) is 56.8 Å². The molecule has 3 rings (SSSR count). The van der Waals surface area contributed by atoms with Crippen molar-refractivity contribution in [2.45, 2.75) is 58.4 Å². The molecule has 2 amide bonds. The van der Waals surface area contributed by atoms with Gasteiger partial charge in [-0.2, -0.15) is 0 Å². The Hall–Kier alpha value is -5.79. The molecule has 0 saturated carbocycles. The number of nitrogen functional groups attached to an aromatic ring is 1. The molecule has 0 aliphatic rings. The second-order valence-corrected chi connectivity index (χ2v) is 11.5. The monoisotopic (exact) mass is 663 g/mol. The van der Waals surface area contributed by atoms with E-state index in [1.165, 1.54) is 7.11 Å². The molecule has 3 aromatic rings. The van der Waals surface area contributed by atoms with Gasteiger partial charge >= 0.3 is 18.0 Å². The highest BCUT2D eigenvalue weighted by molar-refractivity contribution is 5.95. The molecule has 14 heteroatoms. The molecule has 0 bridgehead atoms. The smallest absolute Gasteiger partial charge is 0.407 e. The maximum Gasteiger partial charge on any atom is 0.407 e. The standard InChI is InChI=1S/C34H41N5O9/c1-21(40)47-48-32(42)26(17-18-37-33(43)46-34(2,3)4)39-31(41)29(38-25-14-11-23(12-15-25)30(35)36)24-13-16-27(28(19-24)44-5)45-20-22-9-7-6-8-10-22/h6-16,19,26,29,38H,17-18,20H2,1-5H3,(H3,35,36)(H,37,43)(H,39,41)/t26-,29+/m0/s1. The lowest BCUT2D eigenvalue weighted by molar-refractivity contribution is -0.258. The summed E-state index contributed by atoms with van der Waals surface area (Å²) in [6.45, 7) is 6.33. The van der Waals surface area contributed by atoms with E-state index in [0.29, 0.717) is 28.3 Å². The van der Waals surface area contributed by atoms with Crippen molar-refractivity contribution in [3.63, 3.8) is 0 Å². The fourth-order valence-corrected chi connectivity index (χ4v) is 4.23. The highest BCUT2D eigenvalue weighted by atomic mass is 17.2. The number of nitrogens with two attached hydrogens (primary N) is 1. The molecule has 0 aromatic heterocycles. The molecule has 3 aromatic carbocycles. The van der Waals surface area contributed by atoms with E-state index in [9.17, 15) is 19.2 Å². The second-order valence-electron chi connectivity index (χ2n) is 11.5. The Morgan fingerprint density at radius 2 is 1.60 bits per heavy atom. The van der Waals surface area contributed by atoms with Gasteiger partial charge in [-0.05, 0) is 74.7 Å². The van der Waals surface area contributed by atoms with Crippen LogP contribution in [-0.2, 0) is 35.5 Å². The van der Waals surface area contributed by atoms with E-state index in [4.69, 9.17) is 25.4 Å². The minimum atomic E-state index is -1.36. The van der Waals surface area contributed by atoms with E-state index in [2.05, 4.69) is 25.7 Å². The third-order valence-electron chi connectivity index (χ3n) is 6.47. The van der Waals surface area contributed by atoms with Gasteiger partial charge in [-0.1, -0.05) is 36.4 Å². The second kappa shape index (κ2) is 17.2. The number of benzene rings is 3. The van der Waals surface area contributed by atoms with E-state index < -0.39 is 41.6 Å². The Bertz CT molecular complexity index is 1570. The summed E-state index contributed by atoms with van der Waals surface area (Å²) < 4.78 is 16.8. The van der Waals surface area contributed by atoms with Gasteiger partial charge in [-0.15, -0.1) is 0 Å². The summed E-state index contributed by atoms with van der Waals surface area (Å²) in [7, 11) is 1.47. The Morgan fingerprint density at radius 3 is 2.21 bits per heavy atom. The maximum atomic E-state index is 13.9. The Labute approximate surface area is 278 Å². The first kappa shape index (κ1) is 36.7. The third kappa shape index (κ3) is 11.9. The van der Waals surface area contributed by atoms with Crippen LogP contribution in [0.2, 0.25) is 0 Å². The molecule has 48 heavy (non-hydrogen) atoms. The average Bonchev–Trinajstić information content (AvgIpc) is 3.04. The number of carbonyl (C=O) groups excluding carboxylic acids is 4. The normalized spacial score (nSPS) is 12.0. The van der Waals surface area contributed by atoms with Gasteiger partial charge in [0, 0.05) is 24.7 Å². The summed E-state index contributed by atoms with van der Waals surface area (Å²) in [5, 5.41) is 15.9. The molecule has 14 nitrogen and oxygen atoms in total. The van der Waals surface area contributed by atoms with Gasteiger partial charge in [0.05, 0.1) is 7.11 Å². The number of anilines is 1. The van der Waals surface area contributed by atoms with Crippen molar-refractivity contribution in [1.29, 1.82) is 5.41 Å². The summed E-state index contributed by atoms with van der Waals surface area (Å²) in [6, 6.07) is 18.5. The SMILES string of the molecule is COc1cc([C@@H](Nc2ccc(C(=N)N)cc2)C(=O)N[C@@H](CCNC(=O)OC(C)(C)C)C(=O)OOC(C)=O)ccc1OCc1ccccc1. The van der Waals surface area contributed by atoms with E-state index in [-0.39, 0.29) is 25.4 Å². The summed E-state index contributed by atoms with van der Waals surface area (Å²) in [5.74, 6) is -1.96. The molecule has 0 spiro atoms. The number of methoxy groups -OCH3 is 1. The number of hydrogen-bond acceptors (Lipinski definition) is 11. The number of alkyl carbamates (subject to hydrolysis) is 1. The first-order valence-corrected chi connectivity index (χ1v) is 15.0. The van der Waals surface area contributed by atoms with Crippen molar-refractivity contribution in [2.75, 3.05) is 19.0 Å². The zero-order chi connectivity index (χ0) is 35.3. The van der Waals surface area contributed by atoms with Crippen LogP contribution in [0.15, 0.2) is 72.8 Å². The number of carbonyl (C=O) groups is 4. The summed E-state index contributed by atoms with van der Waals surface area (Å²) in [4.78, 5) is 59.3. The quantitative estimate of drug-likeness (QED) is 0.0719. The van der Waals surface area contributed by atoms with Gasteiger partial charge in [0.25, 0.3) is 0 Å². The van der Waals surface area contributed by atoms with Crippen LogP contribution in [0.25, 0.3) is 0 Å². The molecular formula is C34H41N5O9. The lowest BCUT2D eigenvalue weighted by Gasteiger charge is -2.24. The number of amidine groups is 1. The Balaban J connectivity index is 1.89. The molecular weight excluding hydrogens is 622 g/mol. The van der Waals surface area contributed by atoms with Gasteiger partial charge in [-0.3, -0.25) is 10.2 Å². The van der Waals surface area contributed by atoms with Gasteiger partial charge in [0.2, 0.25) is 5.91 Å². The van der Waals surface area contributed by atoms with Crippen molar-refractivity contribution in [3.05, 3.63) is 89.5 Å². The number of nitrogens with one attached hydrogen (secondary N) is 4. The van der Waals surface area contributed by atoms with Crippen molar-refractivity contribution in [2.24, 2.45) is 5.73 Å². The zero-order valence-corrected chi connectivity index (χ0v) is 27.5. The molecule has 0 aliphatic carbocycles. The molecule has 0 fully saturated rings. The summed E-state index contributed by atoms with van der Waals surface area (Å²) in [5.41, 5.74) is 7.20. The topological polar surface area (TPSA) is 200 Å². The predicted molar refractivity (Wildman–Crippen MR) is 176 cm³/mol. The van der Waals surface area contributed by atoms with E-state index in [1.54, 1.807) is 63.2 Å². The number of amides is 2. The fourth-order valence-electron chi connectivity index (χ4n) is 4.23. The highest BCUT2D eigenvalue weighted by Crippen LogP contribution is 2.32. The minimum Gasteiger partial charge on any atom is -0.493 e. The summed E-state index contributed by atoms with van der Waals surface area (Å²) in [6.07, 6.45) is -0.864. The summed E-state index contributed by atoms with van der Waals surface area (Å²) >= 11 is 0. The Morgan fingerprint density at radius 1 is 0.917 bits per heavy atom. The van der Waals surface area contributed by atoms with E-state index in [1.807, 2.05) is 30.3 Å². The molecule has 0 aliphatic heterocycles. The van der Waals surface area contributed by atoms with Crippen molar-refractivity contribution < 1.29 is 43.2 Å². The minimum absolute atomic E-state index is 0.0963. The number of rotatable bonds is 14. The molecule has 0 saturated heterocycles. The van der Waals surface area contributed by atoms with Gasteiger partial charge in [0.15, 0.2) is 11.5 Å². The molecule has 2 atom stereocenters. The van der Waals surface area contributed by atoms with Crippen molar-refractivity contribution in [1.82, 2.24) is 10.6 Å². The van der Waals surface area contributed by atoms with Crippen LogP contribution in [0, 0.1) is 5.41 Å². The average molecular weight is 664 g/mol. The van der Waals surface area contributed by atoms with E-state index >= 15 is 0 Å². The first-order valence-electron chi connectivity index (χ1n) is 15.0. The number of hydrogen-bond donors (Lipinski definition) is 5. The van der Waals surface area contributed by atoms with E-state index in [0.717, 1.165) is 12.5 Å². The third-order valence-corrected chi connectivity index (χ3v) is 6.47. The largest absolute Gasteiger partial charge is 0.493 e. The fraction of sp³-hybridized carbons (Fsp3) is 0.324. The van der Waals surface area contributed by atoms with Crippen molar-refractivity contribution >= 4 is 35.5 Å². The Kier molecular flexibility index (Phi) is 13.2. The highest BCUT2D eigenvalue weighted by Gasteiger charge is 2.30. The van der Waals surface area contributed by atoms with Gasteiger partial charge < -0.3 is 35.9 Å². The predicted octanol–water partition coefficient (Wildman–Crippen LogP) is 4.13. The van der Waals surface area contributed by atoms with Crippen LogP contribution in [0.3, 0.4) is 0 Å². The maximum absolute atomic E-state index is 13.9. The lowest BCUT2D eigenvalue weighted by atomic mass is 10.0. The van der Waals surface area contributed by atoms with Gasteiger partial charge in [-0.25, -0.2) is 24.2 Å². The first-order chi connectivity index (χ1) is 22.8. The van der Waals surface area contributed by atoms with Crippen LogP contribution < -0.4 is 31.2 Å². The zero-order valence-electron chi connectivity index (χ0n) is 27.5. The van der Waals surface area contributed by atoms with Crippen LogP contribution in [0.4, 0.5) is 10.5 Å². The molecule has 0 unspecified atom stereocenters. The lowest BCUT2D eigenvalue weighted by Crippen LogP contribution is -2.47.